The van der Waals surface area contributed by atoms with E-state index in [9.17, 15) is 0 Å². The molecule has 1 atom stereocenters. The van der Waals surface area contributed by atoms with Crippen LogP contribution in [0.25, 0.3) is 0 Å². The molecule has 0 aliphatic rings. The zero-order valence-corrected chi connectivity index (χ0v) is 9.06. The molecule has 0 saturated heterocycles. The van der Waals surface area contributed by atoms with Gasteiger partial charge in [0.2, 0.25) is 0 Å². The third-order valence-corrected chi connectivity index (χ3v) is 2.62. The third-order valence-electron chi connectivity index (χ3n) is 1.45. The van der Waals surface area contributed by atoms with Crippen LogP contribution in [0.5, 0.6) is 0 Å². The molecule has 1 nitrogen and oxygen atoms in total. The molecule has 0 aliphatic heterocycles. The Balaban J connectivity index is 3.09. The Bertz CT molecular complexity index is 260. The van der Waals surface area contributed by atoms with Crippen LogP contribution in [0.1, 0.15) is 18.5 Å². The van der Waals surface area contributed by atoms with Crippen LogP contribution < -0.4 is 5.73 Å². The number of benzene rings is 1. The minimum absolute atomic E-state index is 0.0826. The summed E-state index contributed by atoms with van der Waals surface area (Å²) in [6.45, 7) is 1.96. The van der Waals surface area contributed by atoms with Gasteiger partial charge in [-0.05, 0) is 47.2 Å². The Labute approximate surface area is 85.1 Å². The van der Waals surface area contributed by atoms with Crippen LogP contribution >= 0.6 is 34.2 Å². The van der Waals surface area contributed by atoms with E-state index < -0.39 is 0 Å². The van der Waals surface area contributed by atoms with Crippen molar-refractivity contribution < 1.29 is 0 Å². The minimum atomic E-state index is 0.0826. The van der Waals surface area contributed by atoms with Crippen LogP contribution in [0.15, 0.2) is 18.2 Å². The Hall–Kier alpha value is 0.200. The molecule has 0 saturated carbocycles. The summed E-state index contributed by atoms with van der Waals surface area (Å²) in [4.78, 5) is 0. The lowest BCUT2D eigenvalue weighted by Crippen LogP contribution is -2.06. The maximum Gasteiger partial charge on any atom is 0.0416 e. The molecule has 60 valence electrons. The first-order valence-corrected chi connectivity index (χ1v) is 4.77. The fourth-order valence-corrected chi connectivity index (χ4v) is 2.23. The monoisotopic (exact) mass is 281 g/mol. The zero-order valence-electron chi connectivity index (χ0n) is 6.14. The molecule has 2 N–H and O–H groups in total. The Morgan fingerprint density at radius 1 is 1.55 bits per heavy atom. The van der Waals surface area contributed by atoms with Crippen LogP contribution in [-0.4, -0.2) is 0 Å². The lowest BCUT2D eigenvalue weighted by atomic mass is 10.1. The van der Waals surface area contributed by atoms with Crippen molar-refractivity contribution in [2.45, 2.75) is 13.0 Å². The molecule has 0 unspecified atom stereocenters. The first-order chi connectivity index (χ1) is 5.11. The van der Waals surface area contributed by atoms with Gasteiger partial charge in [0.05, 0.1) is 0 Å². The number of rotatable bonds is 1. The molecule has 1 aromatic rings. The maximum absolute atomic E-state index is 5.78. The van der Waals surface area contributed by atoms with Crippen molar-refractivity contribution in [3.8, 4) is 0 Å². The molecule has 0 spiro atoms. The van der Waals surface area contributed by atoms with Gasteiger partial charge in [0.15, 0.2) is 0 Å². The third kappa shape index (κ3) is 2.32. The summed E-state index contributed by atoms with van der Waals surface area (Å²) in [5.74, 6) is 0. The number of hydrogen-bond donors (Lipinski definition) is 1. The molecule has 3 heteroatoms. The van der Waals surface area contributed by atoms with Crippen LogP contribution in [0.4, 0.5) is 0 Å². The highest BCUT2D eigenvalue weighted by Gasteiger charge is 2.03. The van der Waals surface area contributed by atoms with E-state index in [0.717, 1.165) is 14.2 Å². The quantitative estimate of drug-likeness (QED) is 0.787. The summed E-state index contributed by atoms with van der Waals surface area (Å²) >= 11 is 8.01. The van der Waals surface area contributed by atoms with E-state index >= 15 is 0 Å². The Morgan fingerprint density at radius 2 is 2.18 bits per heavy atom. The van der Waals surface area contributed by atoms with Gasteiger partial charge in [0, 0.05) is 14.6 Å². The summed E-state index contributed by atoms with van der Waals surface area (Å²) in [6, 6.07) is 5.83. The summed E-state index contributed by atoms with van der Waals surface area (Å²) < 4.78 is 1.13. The highest BCUT2D eigenvalue weighted by molar-refractivity contribution is 14.1. The van der Waals surface area contributed by atoms with Crippen LogP contribution in [0, 0.1) is 3.57 Å². The number of nitrogens with two attached hydrogens (primary N) is 1. The van der Waals surface area contributed by atoms with Crippen molar-refractivity contribution in [1.29, 1.82) is 0 Å². The van der Waals surface area contributed by atoms with E-state index in [1.54, 1.807) is 0 Å². The van der Waals surface area contributed by atoms with Crippen molar-refractivity contribution >= 4 is 34.2 Å². The van der Waals surface area contributed by atoms with Crippen molar-refractivity contribution in [3.05, 3.63) is 32.4 Å². The van der Waals surface area contributed by atoms with Crippen LogP contribution in [0.2, 0.25) is 5.02 Å². The second kappa shape index (κ2) is 3.74. The van der Waals surface area contributed by atoms with E-state index in [-0.39, 0.29) is 6.04 Å². The second-order valence-corrected chi connectivity index (χ2v) is 4.05. The first-order valence-electron chi connectivity index (χ1n) is 3.32. The largest absolute Gasteiger partial charge is 0.324 e. The topological polar surface area (TPSA) is 26.0 Å². The van der Waals surface area contributed by atoms with E-state index in [0.29, 0.717) is 0 Å². The summed E-state index contributed by atoms with van der Waals surface area (Å²) in [5, 5.41) is 0.763. The van der Waals surface area contributed by atoms with Crippen molar-refractivity contribution in [3.63, 3.8) is 0 Å². The van der Waals surface area contributed by atoms with E-state index in [2.05, 4.69) is 22.6 Å². The Morgan fingerprint density at radius 3 is 2.64 bits per heavy atom. The highest BCUT2D eigenvalue weighted by atomic mass is 127. The molecular weight excluding hydrogens is 272 g/mol. The van der Waals surface area contributed by atoms with Gasteiger partial charge < -0.3 is 5.73 Å². The van der Waals surface area contributed by atoms with Gasteiger partial charge in [-0.2, -0.15) is 0 Å². The molecule has 0 aromatic heterocycles. The van der Waals surface area contributed by atoms with Gasteiger partial charge in [-0.25, -0.2) is 0 Å². The number of halogens is 2. The predicted molar refractivity (Wildman–Crippen MR) is 56.8 cm³/mol. The molecule has 0 fully saturated rings. The van der Waals surface area contributed by atoms with Gasteiger partial charge in [-0.1, -0.05) is 17.7 Å². The molecule has 0 radical (unpaired) electrons. The minimum Gasteiger partial charge on any atom is -0.324 e. The standard InChI is InChI=1S/C8H9ClIN/c1-5(11)7-3-2-6(9)4-8(7)10/h2-5H,11H2,1H3/t5-/m1/s1. The molecule has 0 amide bonds. The number of hydrogen-bond acceptors (Lipinski definition) is 1. The van der Waals surface area contributed by atoms with E-state index in [1.807, 2.05) is 25.1 Å². The van der Waals surface area contributed by atoms with E-state index in [4.69, 9.17) is 17.3 Å². The lowest BCUT2D eigenvalue weighted by Gasteiger charge is -2.07. The molecule has 1 aromatic carbocycles. The SMILES string of the molecule is C[C@@H](N)c1ccc(Cl)cc1I. The van der Waals surface area contributed by atoms with Crippen molar-refractivity contribution in [2.75, 3.05) is 0 Å². The molecule has 1 rings (SSSR count). The van der Waals surface area contributed by atoms with Crippen molar-refractivity contribution in [2.24, 2.45) is 5.73 Å². The maximum atomic E-state index is 5.78. The summed E-state index contributed by atoms with van der Waals surface area (Å²) in [5.41, 5.74) is 6.86. The molecule has 11 heavy (non-hydrogen) atoms. The van der Waals surface area contributed by atoms with Crippen LogP contribution in [-0.2, 0) is 0 Å². The fourth-order valence-electron chi connectivity index (χ4n) is 0.871. The fraction of sp³-hybridized carbons (Fsp3) is 0.250. The van der Waals surface area contributed by atoms with Gasteiger partial charge in [0.1, 0.15) is 0 Å². The lowest BCUT2D eigenvalue weighted by molar-refractivity contribution is 0.813. The Kier molecular flexibility index (Phi) is 3.16. The zero-order chi connectivity index (χ0) is 8.43. The summed E-state index contributed by atoms with van der Waals surface area (Å²) in [6.07, 6.45) is 0. The van der Waals surface area contributed by atoms with Gasteiger partial charge in [0.25, 0.3) is 0 Å². The molecular formula is C8H9ClIN. The average Bonchev–Trinajstić information content (AvgIpc) is 1.85. The smallest absolute Gasteiger partial charge is 0.0416 e. The van der Waals surface area contributed by atoms with Gasteiger partial charge >= 0.3 is 0 Å². The summed E-state index contributed by atoms with van der Waals surface area (Å²) in [7, 11) is 0. The first kappa shape index (κ1) is 9.29. The van der Waals surface area contributed by atoms with Crippen molar-refractivity contribution in [1.82, 2.24) is 0 Å². The van der Waals surface area contributed by atoms with Crippen LogP contribution in [0.3, 0.4) is 0 Å². The highest BCUT2D eigenvalue weighted by Crippen LogP contribution is 2.21. The molecule has 0 bridgehead atoms. The van der Waals surface area contributed by atoms with Gasteiger partial charge in [-0.15, -0.1) is 0 Å². The molecule has 0 aliphatic carbocycles. The normalized spacial score (nSPS) is 13.1. The van der Waals surface area contributed by atoms with Gasteiger partial charge in [-0.3, -0.25) is 0 Å². The average molecular weight is 282 g/mol. The predicted octanol–water partition coefficient (Wildman–Crippen LogP) is 2.96. The van der Waals surface area contributed by atoms with E-state index in [1.165, 1.54) is 0 Å². The second-order valence-electron chi connectivity index (χ2n) is 2.45. The molecule has 0 heterocycles.